The number of carbonyl (C=O) groups is 1. The van der Waals surface area contributed by atoms with E-state index in [0.29, 0.717) is 29.7 Å². The van der Waals surface area contributed by atoms with Gasteiger partial charge < -0.3 is 15.4 Å². The Balaban J connectivity index is 2.29. The second-order valence-electron chi connectivity index (χ2n) is 3.68. The minimum Gasteiger partial charge on any atom is -0.383 e. The van der Waals surface area contributed by atoms with Crippen molar-refractivity contribution in [2.75, 3.05) is 26.8 Å². The number of nitrogens with one attached hydrogen (secondary N) is 2. The Hall–Kier alpha value is -0.810. The summed E-state index contributed by atoms with van der Waals surface area (Å²) < 4.78 is 4.86. The number of halogens is 2. The molecule has 0 radical (unpaired) electrons. The summed E-state index contributed by atoms with van der Waals surface area (Å²) in [4.78, 5) is 11.5. The molecule has 1 amide bonds. The zero-order chi connectivity index (χ0) is 13.4. The summed E-state index contributed by atoms with van der Waals surface area (Å²) in [6.07, 6.45) is 0. The van der Waals surface area contributed by atoms with E-state index in [-0.39, 0.29) is 12.5 Å². The highest BCUT2D eigenvalue weighted by Gasteiger charge is 2.04. The first-order chi connectivity index (χ1) is 8.63. The van der Waals surface area contributed by atoms with Crippen LogP contribution in [0.25, 0.3) is 0 Å². The van der Waals surface area contributed by atoms with E-state index in [0.717, 1.165) is 5.56 Å². The van der Waals surface area contributed by atoms with Crippen LogP contribution in [0.4, 0.5) is 0 Å². The van der Waals surface area contributed by atoms with Gasteiger partial charge in [0.1, 0.15) is 0 Å². The van der Waals surface area contributed by atoms with Crippen molar-refractivity contribution in [3.05, 3.63) is 33.8 Å². The van der Waals surface area contributed by atoms with Crippen molar-refractivity contribution < 1.29 is 9.53 Å². The lowest BCUT2D eigenvalue weighted by atomic mass is 10.2. The van der Waals surface area contributed by atoms with Crippen molar-refractivity contribution in [1.29, 1.82) is 0 Å². The molecule has 0 heterocycles. The molecule has 0 fully saturated rings. The van der Waals surface area contributed by atoms with E-state index in [1.165, 1.54) is 0 Å². The number of hydrogen-bond donors (Lipinski definition) is 2. The van der Waals surface area contributed by atoms with E-state index < -0.39 is 0 Å². The van der Waals surface area contributed by atoms with Gasteiger partial charge >= 0.3 is 0 Å². The molecule has 0 unspecified atom stereocenters. The largest absolute Gasteiger partial charge is 0.383 e. The van der Waals surface area contributed by atoms with Crippen LogP contribution in [0.2, 0.25) is 10.0 Å². The molecule has 2 N–H and O–H groups in total. The fourth-order valence-electron chi connectivity index (χ4n) is 1.30. The van der Waals surface area contributed by atoms with Crippen LogP contribution in [0.1, 0.15) is 5.56 Å². The van der Waals surface area contributed by atoms with Gasteiger partial charge in [0, 0.05) is 30.2 Å². The van der Waals surface area contributed by atoms with Crippen LogP contribution < -0.4 is 10.6 Å². The normalized spacial score (nSPS) is 10.4. The summed E-state index contributed by atoms with van der Waals surface area (Å²) in [6.45, 7) is 1.87. The summed E-state index contributed by atoms with van der Waals surface area (Å²) in [5.41, 5.74) is 0.839. The third-order valence-electron chi connectivity index (χ3n) is 2.26. The molecular weight excluding hydrogens is 275 g/mol. The van der Waals surface area contributed by atoms with Gasteiger partial charge in [0.25, 0.3) is 0 Å². The van der Waals surface area contributed by atoms with Crippen molar-refractivity contribution in [3.63, 3.8) is 0 Å². The number of methoxy groups -OCH3 is 1. The lowest BCUT2D eigenvalue weighted by molar-refractivity contribution is -0.120. The molecule has 0 spiro atoms. The Kier molecular flexibility index (Phi) is 7.05. The van der Waals surface area contributed by atoms with Crippen LogP contribution in [-0.4, -0.2) is 32.7 Å². The van der Waals surface area contributed by atoms with Gasteiger partial charge in [0.05, 0.1) is 13.2 Å². The van der Waals surface area contributed by atoms with Gasteiger partial charge in [-0.3, -0.25) is 4.79 Å². The molecular formula is C12H16Cl2N2O2. The van der Waals surface area contributed by atoms with Crippen molar-refractivity contribution in [2.45, 2.75) is 6.54 Å². The Labute approximate surface area is 117 Å². The summed E-state index contributed by atoms with van der Waals surface area (Å²) >= 11 is 11.8. The number of amides is 1. The Morgan fingerprint density at radius 2 is 2.17 bits per heavy atom. The molecule has 0 saturated carbocycles. The van der Waals surface area contributed by atoms with Crippen molar-refractivity contribution in [1.82, 2.24) is 10.6 Å². The minimum absolute atomic E-state index is 0.0860. The summed E-state index contributed by atoms with van der Waals surface area (Å²) in [5, 5.41) is 6.85. The number of ether oxygens (including phenoxy) is 1. The Morgan fingerprint density at radius 3 is 2.83 bits per heavy atom. The third kappa shape index (κ3) is 5.69. The fourth-order valence-corrected chi connectivity index (χ4v) is 1.77. The number of rotatable bonds is 7. The average Bonchev–Trinajstić information content (AvgIpc) is 2.33. The fraction of sp³-hybridized carbons (Fsp3) is 0.417. The van der Waals surface area contributed by atoms with Crippen LogP contribution in [0.3, 0.4) is 0 Å². The first kappa shape index (κ1) is 15.2. The van der Waals surface area contributed by atoms with Crippen LogP contribution in [0, 0.1) is 0 Å². The minimum atomic E-state index is -0.0860. The SMILES string of the molecule is COCCNCC(=O)NCc1ccc(Cl)cc1Cl. The molecule has 6 heteroatoms. The van der Waals surface area contributed by atoms with Crippen LogP contribution >= 0.6 is 23.2 Å². The van der Waals surface area contributed by atoms with E-state index >= 15 is 0 Å². The van der Waals surface area contributed by atoms with Crippen LogP contribution in [0.15, 0.2) is 18.2 Å². The van der Waals surface area contributed by atoms with E-state index in [2.05, 4.69) is 10.6 Å². The molecule has 0 aromatic heterocycles. The van der Waals surface area contributed by atoms with Crippen molar-refractivity contribution in [3.8, 4) is 0 Å². The molecule has 100 valence electrons. The predicted octanol–water partition coefficient (Wildman–Crippen LogP) is 1.85. The number of carbonyl (C=O) groups excluding carboxylic acids is 1. The van der Waals surface area contributed by atoms with Gasteiger partial charge in [0.2, 0.25) is 5.91 Å². The van der Waals surface area contributed by atoms with Gasteiger partial charge in [0.15, 0.2) is 0 Å². The van der Waals surface area contributed by atoms with Gasteiger partial charge in [-0.05, 0) is 17.7 Å². The van der Waals surface area contributed by atoms with Gasteiger partial charge in [-0.15, -0.1) is 0 Å². The van der Waals surface area contributed by atoms with Crippen molar-refractivity contribution in [2.24, 2.45) is 0 Å². The zero-order valence-corrected chi connectivity index (χ0v) is 11.6. The Bertz CT molecular complexity index is 400. The van der Waals surface area contributed by atoms with Crippen LogP contribution in [0.5, 0.6) is 0 Å². The Morgan fingerprint density at radius 1 is 1.39 bits per heavy atom. The maximum absolute atomic E-state index is 11.5. The molecule has 0 aliphatic heterocycles. The summed E-state index contributed by atoms with van der Waals surface area (Å²) in [5.74, 6) is -0.0860. The van der Waals surface area contributed by atoms with Crippen molar-refractivity contribution >= 4 is 29.1 Å². The quantitative estimate of drug-likeness (QED) is 0.754. The molecule has 1 aromatic rings. The number of hydrogen-bond acceptors (Lipinski definition) is 3. The van der Waals surface area contributed by atoms with E-state index in [1.807, 2.05) is 0 Å². The van der Waals surface area contributed by atoms with Gasteiger partial charge in [-0.25, -0.2) is 0 Å². The second kappa shape index (κ2) is 8.32. The molecule has 1 rings (SSSR count). The van der Waals surface area contributed by atoms with E-state index in [4.69, 9.17) is 27.9 Å². The molecule has 0 aliphatic carbocycles. The maximum Gasteiger partial charge on any atom is 0.234 e. The highest BCUT2D eigenvalue weighted by molar-refractivity contribution is 6.35. The molecule has 1 aromatic carbocycles. The van der Waals surface area contributed by atoms with Crippen LogP contribution in [-0.2, 0) is 16.1 Å². The molecule has 0 bridgehead atoms. The standard InChI is InChI=1S/C12H16Cl2N2O2/c1-18-5-4-15-8-12(17)16-7-9-2-3-10(13)6-11(9)14/h2-3,6,15H,4-5,7-8H2,1H3,(H,16,17). The smallest absolute Gasteiger partial charge is 0.234 e. The first-order valence-electron chi connectivity index (χ1n) is 5.53. The zero-order valence-electron chi connectivity index (χ0n) is 10.1. The second-order valence-corrected chi connectivity index (χ2v) is 4.53. The highest BCUT2D eigenvalue weighted by atomic mass is 35.5. The molecule has 0 saturated heterocycles. The topological polar surface area (TPSA) is 50.4 Å². The molecule has 4 nitrogen and oxygen atoms in total. The lowest BCUT2D eigenvalue weighted by Gasteiger charge is -2.08. The average molecular weight is 291 g/mol. The summed E-state index contributed by atoms with van der Waals surface area (Å²) in [7, 11) is 1.62. The van der Waals surface area contributed by atoms with E-state index in [9.17, 15) is 4.79 Å². The first-order valence-corrected chi connectivity index (χ1v) is 6.29. The maximum atomic E-state index is 11.5. The molecule has 0 atom stereocenters. The molecule has 18 heavy (non-hydrogen) atoms. The van der Waals surface area contributed by atoms with Gasteiger partial charge in [-0.2, -0.15) is 0 Å². The third-order valence-corrected chi connectivity index (χ3v) is 2.85. The summed E-state index contributed by atoms with van der Waals surface area (Å²) in [6, 6.07) is 5.19. The predicted molar refractivity (Wildman–Crippen MR) is 73.1 cm³/mol. The van der Waals surface area contributed by atoms with Gasteiger partial charge in [-0.1, -0.05) is 29.3 Å². The number of benzene rings is 1. The monoisotopic (exact) mass is 290 g/mol. The highest BCUT2D eigenvalue weighted by Crippen LogP contribution is 2.20. The van der Waals surface area contributed by atoms with E-state index in [1.54, 1.807) is 25.3 Å². The lowest BCUT2D eigenvalue weighted by Crippen LogP contribution is -2.34. The molecule has 0 aliphatic rings.